The Morgan fingerprint density at radius 1 is 1.00 bits per heavy atom. The summed E-state index contributed by atoms with van der Waals surface area (Å²) < 4.78 is 44.0. The predicted octanol–water partition coefficient (Wildman–Crippen LogP) is 4.79. The molecule has 1 heterocycles. The van der Waals surface area contributed by atoms with Crippen molar-refractivity contribution in [3.8, 4) is 11.1 Å². The molecule has 0 bridgehead atoms. The first kappa shape index (κ1) is 18.2. The van der Waals surface area contributed by atoms with Gasteiger partial charge in [-0.2, -0.15) is 0 Å². The van der Waals surface area contributed by atoms with Crippen molar-refractivity contribution >= 4 is 26.6 Å². The van der Waals surface area contributed by atoms with E-state index in [1.165, 1.54) is 12.1 Å². The normalized spacial score (nSPS) is 11.6. The van der Waals surface area contributed by atoms with E-state index in [1.807, 2.05) is 0 Å². The van der Waals surface area contributed by atoms with E-state index in [1.54, 1.807) is 61.5 Å². The monoisotopic (exact) mass is 396 g/mol. The highest BCUT2D eigenvalue weighted by Crippen LogP contribution is 2.24. The second kappa shape index (κ2) is 7.09. The third-order valence-electron chi connectivity index (χ3n) is 4.33. The van der Waals surface area contributed by atoms with Gasteiger partial charge in [0, 0.05) is 12.6 Å². The van der Waals surface area contributed by atoms with Crippen LogP contribution in [0.15, 0.2) is 76.0 Å². The zero-order chi connectivity index (χ0) is 19.7. The predicted molar refractivity (Wildman–Crippen MR) is 106 cm³/mol. The average molecular weight is 396 g/mol. The van der Waals surface area contributed by atoms with Crippen molar-refractivity contribution in [3.63, 3.8) is 0 Å². The molecule has 142 valence electrons. The van der Waals surface area contributed by atoms with Gasteiger partial charge in [0.15, 0.2) is 21.3 Å². The van der Waals surface area contributed by atoms with Gasteiger partial charge in [0.2, 0.25) is 0 Å². The van der Waals surface area contributed by atoms with Crippen LogP contribution >= 0.6 is 0 Å². The molecule has 1 N–H and O–H groups in total. The minimum absolute atomic E-state index is 0.195. The molecule has 28 heavy (non-hydrogen) atoms. The van der Waals surface area contributed by atoms with Gasteiger partial charge in [0.1, 0.15) is 17.2 Å². The van der Waals surface area contributed by atoms with Crippen molar-refractivity contribution in [2.24, 2.45) is 0 Å². The fraction of sp³-hybridized carbons (Fsp3) is 0.0952. The maximum absolute atomic E-state index is 13.1. The number of sulfone groups is 1. The molecule has 0 aliphatic rings. The van der Waals surface area contributed by atoms with E-state index in [4.69, 9.17) is 4.42 Å². The van der Waals surface area contributed by atoms with E-state index in [-0.39, 0.29) is 16.6 Å². The second-order valence-electron chi connectivity index (χ2n) is 6.39. The fourth-order valence-electron chi connectivity index (χ4n) is 2.93. The molecule has 1 aromatic heterocycles. The van der Waals surface area contributed by atoms with Crippen molar-refractivity contribution in [2.45, 2.75) is 11.8 Å². The molecule has 7 heteroatoms. The quantitative estimate of drug-likeness (QED) is 0.525. The number of fused-ring (bicyclic) bond motifs is 1. The lowest BCUT2D eigenvalue weighted by Crippen LogP contribution is -2.14. The van der Waals surface area contributed by atoms with Crippen molar-refractivity contribution in [3.05, 3.63) is 78.4 Å². The molecule has 0 aliphatic heterocycles. The Hall–Kier alpha value is -3.19. The highest BCUT2D eigenvalue weighted by molar-refractivity contribution is 7.91. The number of halogens is 1. The summed E-state index contributed by atoms with van der Waals surface area (Å²) in [6.45, 7) is 1.76. The number of aryl methyl sites for hydroxylation is 1. The van der Waals surface area contributed by atoms with Gasteiger partial charge in [-0.15, -0.1) is 0 Å². The zero-order valence-electron chi connectivity index (χ0n) is 15.0. The van der Waals surface area contributed by atoms with Gasteiger partial charge in [-0.05, 0) is 53.6 Å². The summed E-state index contributed by atoms with van der Waals surface area (Å²) in [4.78, 5) is 4.44. The number of anilines is 1. The van der Waals surface area contributed by atoms with Crippen LogP contribution in [0.3, 0.4) is 0 Å². The Bertz CT molecular complexity index is 1250. The first-order valence-electron chi connectivity index (χ1n) is 8.60. The van der Waals surface area contributed by atoms with E-state index in [0.717, 1.165) is 5.56 Å². The first-order chi connectivity index (χ1) is 13.4. The number of hydrogen-bond acceptors (Lipinski definition) is 5. The Labute approximate surface area is 161 Å². The molecule has 0 amide bonds. The molecular formula is C21H17FN2O3S. The standard InChI is InChI=1S/C21H17FN2O3S/c1-14-24-20-12-18(9-10-21(20)27-14)23-13-28(25,26)19-4-2-3-16(11-19)15-5-7-17(22)8-6-15/h2-12,23H,13H2,1H3. The van der Waals surface area contributed by atoms with Crippen molar-refractivity contribution in [1.29, 1.82) is 0 Å². The Balaban J connectivity index is 1.55. The Kier molecular flexibility index (Phi) is 4.60. The van der Waals surface area contributed by atoms with E-state index in [9.17, 15) is 12.8 Å². The Morgan fingerprint density at radius 2 is 1.79 bits per heavy atom. The summed E-state index contributed by atoms with van der Waals surface area (Å²) in [5.41, 5.74) is 3.41. The maximum atomic E-state index is 13.1. The number of nitrogens with one attached hydrogen (secondary N) is 1. The van der Waals surface area contributed by atoms with Gasteiger partial charge in [0.05, 0.1) is 4.90 Å². The molecule has 5 nitrogen and oxygen atoms in total. The number of hydrogen-bond donors (Lipinski definition) is 1. The molecule has 3 aromatic carbocycles. The largest absolute Gasteiger partial charge is 0.441 e. The fourth-order valence-corrected chi connectivity index (χ4v) is 4.04. The van der Waals surface area contributed by atoms with Gasteiger partial charge < -0.3 is 9.73 Å². The zero-order valence-corrected chi connectivity index (χ0v) is 15.8. The lowest BCUT2D eigenvalue weighted by atomic mass is 10.1. The van der Waals surface area contributed by atoms with Crippen LogP contribution in [0.1, 0.15) is 5.89 Å². The third-order valence-corrected chi connectivity index (χ3v) is 5.83. The SMILES string of the molecule is Cc1nc2cc(NCS(=O)(=O)c3cccc(-c4ccc(F)cc4)c3)ccc2o1. The van der Waals surface area contributed by atoms with Crippen LogP contribution in [0.4, 0.5) is 10.1 Å². The van der Waals surface area contributed by atoms with Crippen LogP contribution in [-0.4, -0.2) is 19.3 Å². The molecular weight excluding hydrogens is 379 g/mol. The minimum Gasteiger partial charge on any atom is -0.441 e. The lowest BCUT2D eigenvalue weighted by Gasteiger charge is -2.09. The molecule has 0 unspecified atom stereocenters. The molecule has 0 saturated heterocycles. The summed E-state index contributed by atoms with van der Waals surface area (Å²) in [5, 5.41) is 2.93. The average Bonchev–Trinajstić information content (AvgIpc) is 3.06. The van der Waals surface area contributed by atoms with Crippen molar-refractivity contribution in [1.82, 2.24) is 4.98 Å². The van der Waals surface area contributed by atoms with Crippen LogP contribution in [-0.2, 0) is 9.84 Å². The number of aromatic nitrogens is 1. The Morgan fingerprint density at radius 3 is 2.57 bits per heavy atom. The van der Waals surface area contributed by atoms with Gasteiger partial charge in [-0.1, -0.05) is 24.3 Å². The summed E-state index contributed by atoms with van der Waals surface area (Å²) >= 11 is 0. The summed E-state index contributed by atoms with van der Waals surface area (Å²) in [6.07, 6.45) is 0. The first-order valence-corrected chi connectivity index (χ1v) is 10.3. The number of benzene rings is 3. The number of rotatable bonds is 5. The molecule has 0 saturated carbocycles. The molecule has 0 radical (unpaired) electrons. The van der Waals surface area contributed by atoms with Crippen LogP contribution in [0, 0.1) is 12.7 Å². The van der Waals surface area contributed by atoms with Gasteiger partial charge in [0.25, 0.3) is 0 Å². The summed E-state index contributed by atoms with van der Waals surface area (Å²) in [5.74, 6) is -0.0456. The van der Waals surface area contributed by atoms with Gasteiger partial charge in [-0.3, -0.25) is 0 Å². The van der Waals surface area contributed by atoms with Gasteiger partial charge in [-0.25, -0.2) is 17.8 Å². The van der Waals surface area contributed by atoms with E-state index >= 15 is 0 Å². The summed E-state index contributed by atoms with van der Waals surface area (Å²) in [7, 11) is -3.57. The lowest BCUT2D eigenvalue weighted by molar-refractivity contribution is 0.561. The molecule has 4 aromatic rings. The second-order valence-corrected chi connectivity index (χ2v) is 8.38. The molecule has 4 rings (SSSR count). The van der Waals surface area contributed by atoms with E-state index in [0.29, 0.717) is 28.2 Å². The topological polar surface area (TPSA) is 72.2 Å². The smallest absolute Gasteiger partial charge is 0.196 e. The molecule has 0 fully saturated rings. The highest BCUT2D eigenvalue weighted by Gasteiger charge is 2.15. The van der Waals surface area contributed by atoms with E-state index < -0.39 is 9.84 Å². The highest BCUT2D eigenvalue weighted by atomic mass is 32.2. The van der Waals surface area contributed by atoms with Crippen LogP contribution in [0.2, 0.25) is 0 Å². The van der Waals surface area contributed by atoms with Gasteiger partial charge >= 0.3 is 0 Å². The minimum atomic E-state index is -3.57. The number of nitrogens with zero attached hydrogens (tertiary/aromatic N) is 1. The van der Waals surface area contributed by atoms with Crippen molar-refractivity contribution in [2.75, 3.05) is 11.2 Å². The molecule has 0 aliphatic carbocycles. The third kappa shape index (κ3) is 3.75. The van der Waals surface area contributed by atoms with Crippen molar-refractivity contribution < 1.29 is 17.2 Å². The maximum Gasteiger partial charge on any atom is 0.196 e. The van der Waals surface area contributed by atoms with Crippen LogP contribution in [0.25, 0.3) is 22.2 Å². The molecule has 0 atom stereocenters. The van der Waals surface area contributed by atoms with Crippen LogP contribution in [0.5, 0.6) is 0 Å². The number of oxazole rings is 1. The van der Waals surface area contributed by atoms with Crippen LogP contribution < -0.4 is 5.32 Å². The molecule has 0 spiro atoms. The van der Waals surface area contributed by atoms with E-state index in [2.05, 4.69) is 10.3 Å². The summed E-state index contributed by atoms with van der Waals surface area (Å²) in [6, 6.07) is 17.8.